The summed E-state index contributed by atoms with van der Waals surface area (Å²) < 4.78 is 6.76. The maximum Gasteiger partial charge on any atom is 0.316 e. The van der Waals surface area contributed by atoms with Crippen LogP contribution >= 0.6 is 0 Å². The molecule has 28 heavy (non-hydrogen) atoms. The van der Waals surface area contributed by atoms with Crippen LogP contribution in [0.25, 0.3) is 34.6 Å². The molecule has 4 rings (SSSR count). The summed E-state index contributed by atoms with van der Waals surface area (Å²) in [5.41, 5.74) is 1.68. The molecule has 2 aromatic heterocycles. The van der Waals surface area contributed by atoms with E-state index in [1.54, 1.807) is 24.3 Å². The van der Waals surface area contributed by atoms with Gasteiger partial charge in [-0.25, -0.2) is 0 Å². The Morgan fingerprint density at radius 2 is 1.86 bits per heavy atom. The fraction of sp³-hybridized carbons (Fsp3) is 0.143. The number of benzene rings is 2. The first-order valence-corrected chi connectivity index (χ1v) is 8.89. The van der Waals surface area contributed by atoms with Gasteiger partial charge in [0.1, 0.15) is 0 Å². The fourth-order valence-electron chi connectivity index (χ4n) is 3.04. The van der Waals surface area contributed by atoms with Crippen LogP contribution in [0, 0.1) is 0 Å². The van der Waals surface area contributed by atoms with Crippen LogP contribution in [0.3, 0.4) is 0 Å². The highest BCUT2D eigenvalue weighted by molar-refractivity contribution is 5.80. The Balaban J connectivity index is 1.72. The molecule has 0 amide bonds. The second-order valence-electron chi connectivity index (χ2n) is 6.66. The smallest absolute Gasteiger partial charge is 0.316 e. The van der Waals surface area contributed by atoms with Crippen LogP contribution in [0.2, 0.25) is 0 Å². The lowest BCUT2D eigenvalue weighted by molar-refractivity contribution is 0.411. The molecular weight excluding hydrogens is 356 g/mol. The molecule has 0 spiro atoms. The number of H-pyrrole nitrogens is 1. The van der Waals surface area contributed by atoms with Gasteiger partial charge in [-0.1, -0.05) is 35.5 Å². The van der Waals surface area contributed by atoms with Gasteiger partial charge in [-0.15, -0.1) is 0 Å². The molecule has 0 unspecified atom stereocenters. The fourth-order valence-corrected chi connectivity index (χ4v) is 3.04. The molecule has 0 radical (unpaired) electrons. The quantitative estimate of drug-likeness (QED) is 0.552. The lowest BCUT2D eigenvalue weighted by Crippen LogP contribution is -2.37. The zero-order chi connectivity index (χ0) is 19.7. The molecule has 0 aliphatic carbocycles. The number of fused-ring (bicyclic) bond motifs is 1. The summed E-state index contributed by atoms with van der Waals surface area (Å²) in [5, 5.41) is 4.01. The van der Waals surface area contributed by atoms with E-state index in [0.717, 1.165) is 5.56 Å². The highest BCUT2D eigenvalue weighted by Gasteiger charge is 2.13. The minimum Gasteiger partial charge on any atom is -0.334 e. The van der Waals surface area contributed by atoms with Crippen LogP contribution < -0.4 is 11.1 Å². The average molecular weight is 374 g/mol. The third-order valence-corrected chi connectivity index (χ3v) is 4.35. The van der Waals surface area contributed by atoms with Gasteiger partial charge >= 0.3 is 11.1 Å². The normalized spacial score (nSPS) is 11.7. The zero-order valence-corrected chi connectivity index (χ0v) is 15.4. The van der Waals surface area contributed by atoms with Crippen molar-refractivity contribution in [2.24, 2.45) is 0 Å². The van der Waals surface area contributed by atoms with E-state index in [1.807, 2.05) is 50.3 Å². The number of hydrogen-bond donors (Lipinski definition) is 1. The summed E-state index contributed by atoms with van der Waals surface area (Å²) in [6.07, 6.45) is 3.63. The first kappa shape index (κ1) is 17.7. The average Bonchev–Trinajstić information content (AvgIpc) is 3.16. The second-order valence-corrected chi connectivity index (χ2v) is 6.66. The molecule has 7 heteroatoms. The summed E-state index contributed by atoms with van der Waals surface area (Å²) in [6.45, 7) is 3.72. The Labute approximate surface area is 160 Å². The first-order valence-electron chi connectivity index (χ1n) is 8.89. The summed E-state index contributed by atoms with van der Waals surface area (Å²) in [6, 6.07) is 15.0. The zero-order valence-electron chi connectivity index (χ0n) is 15.4. The predicted octanol–water partition coefficient (Wildman–Crippen LogP) is 3.49. The molecule has 0 fully saturated rings. The van der Waals surface area contributed by atoms with Gasteiger partial charge in [0.2, 0.25) is 5.82 Å². The van der Waals surface area contributed by atoms with E-state index in [9.17, 15) is 9.59 Å². The Morgan fingerprint density at radius 1 is 1.07 bits per heavy atom. The van der Waals surface area contributed by atoms with E-state index < -0.39 is 11.1 Å². The third kappa shape index (κ3) is 3.29. The number of nitrogens with zero attached hydrogens (tertiary/aromatic N) is 3. The number of aromatic nitrogens is 4. The second kappa shape index (κ2) is 7.11. The molecule has 0 saturated carbocycles. The van der Waals surface area contributed by atoms with E-state index in [-0.39, 0.29) is 6.04 Å². The van der Waals surface area contributed by atoms with Crippen molar-refractivity contribution in [3.8, 4) is 11.4 Å². The van der Waals surface area contributed by atoms with Crippen molar-refractivity contribution in [2.45, 2.75) is 19.9 Å². The van der Waals surface area contributed by atoms with Crippen molar-refractivity contribution in [3.63, 3.8) is 0 Å². The minimum atomic E-state index is -0.655. The van der Waals surface area contributed by atoms with Crippen LogP contribution in [0.15, 0.2) is 62.6 Å². The molecule has 0 aliphatic rings. The van der Waals surface area contributed by atoms with Gasteiger partial charge in [-0.05, 0) is 43.7 Å². The molecule has 7 nitrogen and oxygen atoms in total. The number of rotatable bonds is 4. The van der Waals surface area contributed by atoms with Crippen LogP contribution in [-0.4, -0.2) is 19.7 Å². The van der Waals surface area contributed by atoms with E-state index in [1.165, 1.54) is 4.57 Å². The summed E-state index contributed by atoms with van der Waals surface area (Å²) in [7, 11) is 0. The van der Waals surface area contributed by atoms with Gasteiger partial charge in [-0.3, -0.25) is 14.2 Å². The molecular formula is C21H18N4O3. The topological polar surface area (TPSA) is 93.8 Å². The molecule has 4 aromatic rings. The van der Waals surface area contributed by atoms with Gasteiger partial charge in [0.15, 0.2) is 0 Å². The van der Waals surface area contributed by atoms with Crippen LogP contribution in [0.1, 0.15) is 31.3 Å². The van der Waals surface area contributed by atoms with E-state index in [2.05, 4.69) is 15.1 Å². The summed E-state index contributed by atoms with van der Waals surface area (Å²) in [4.78, 5) is 31.1. The maximum atomic E-state index is 12.1. The van der Waals surface area contributed by atoms with E-state index >= 15 is 0 Å². The van der Waals surface area contributed by atoms with Crippen LogP contribution in [-0.2, 0) is 0 Å². The largest absolute Gasteiger partial charge is 0.334 e. The minimum absolute atomic E-state index is 0.136. The van der Waals surface area contributed by atoms with Crippen LogP contribution in [0.4, 0.5) is 0 Å². The Hall–Kier alpha value is -3.74. The SMILES string of the molecule is CC(C)n1c(=O)c(=O)[nH]c2cc(-c3noc(/C=C/c4ccccc4)n3)ccc21. The van der Waals surface area contributed by atoms with Gasteiger partial charge in [0.05, 0.1) is 11.0 Å². The molecule has 1 N–H and O–H groups in total. The van der Waals surface area contributed by atoms with Gasteiger partial charge in [0.25, 0.3) is 5.89 Å². The molecule has 0 saturated heterocycles. The highest BCUT2D eigenvalue weighted by atomic mass is 16.5. The third-order valence-electron chi connectivity index (χ3n) is 4.35. The molecule has 2 heterocycles. The van der Waals surface area contributed by atoms with Crippen LogP contribution in [0.5, 0.6) is 0 Å². The molecule has 2 aromatic carbocycles. The Bertz CT molecular complexity index is 1280. The first-order chi connectivity index (χ1) is 13.5. The Morgan fingerprint density at radius 3 is 2.61 bits per heavy atom. The maximum absolute atomic E-state index is 12.1. The van der Waals surface area contributed by atoms with Gasteiger partial charge in [-0.2, -0.15) is 4.98 Å². The van der Waals surface area contributed by atoms with E-state index in [0.29, 0.717) is 28.3 Å². The Kier molecular flexibility index (Phi) is 4.49. The summed E-state index contributed by atoms with van der Waals surface area (Å²) in [5.74, 6) is 0.775. The highest BCUT2D eigenvalue weighted by Crippen LogP contribution is 2.22. The van der Waals surface area contributed by atoms with Crippen molar-refractivity contribution in [1.82, 2.24) is 19.7 Å². The lowest BCUT2D eigenvalue weighted by Gasteiger charge is -2.13. The molecule has 0 bridgehead atoms. The summed E-state index contributed by atoms with van der Waals surface area (Å²) >= 11 is 0. The van der Waals surface area contributed by atoms with E-state index in [4.69, 9.17) is 4.52 Å². The van der Waals surface area contributed by atoms with Crippen molar-refractivity contribution < 1.29 is 4.52 Å². The number of nitrogens with one attached hydrogen (secondary N) is 1. The molecule has 0 aliphatic heterocycles. The predicted molar refractivity (Wildman–Crippen MR) is 108 cm³/mol. The monoisotopic (exact) mass is 374 g/mol. The molecule has 140 valence electrons. The van der Waals surface area contributed by atoms with Crippen molar-refractivity contribution in [2.75, 3.05) is 0 Å². The van der Waals surface area contributed by atoms with Gasteiger partial charge < -0.3 is 9.51 Å². The lowest BCUT2D eigenvalue weighted by atomic mass is 10.1. The van der Waals surface area contributed by atoms with Crippen molar-refractivity contribution >= 4 is 23.2 Å². The molecule has 0 atom stereocenters. The van der Waals surface area contributed by atoms with Gasteiger partial charge in [0, 0.05) is 17.7 Å². The number of hydrogen-bond acceptors (Lipinski definition) is 5. The number of aromatic amines is 1. The van der Waals surface area contributed by atoms with Crippen molar-refractivity contribution in [1.29, 1.82) is 0 Å². The standard InChI is InChI=1S/C21H18N4O3/c1-13(2)25-17-10-9-15(12-16(17)22-20(26)21(25)27)19-23-18(28-24-19)11-8-14-6-4-3-5-7-14/h3-13H,1-2H3,(H,22,26)/b11-8+. The van der Waals surface area contributed by atoms with Crippen molar-refractivity contribution in [3.05, 3.63) is 80.7 Å².